The van der Waals surface area contributed by atoms with Crippen LogP contribution >= 0.6 is 0 Å². The zero-order chi connectivity index (χ0) is 24.5. The maximum Gasteiger partial charge on any atom is 0.212 e. The van der Waals surface area contributed by atoms with Crippen molar-refractivity contribution in [3.05, 3.63) is 104 Å². The highest BCUT2D eigenvalue weighted by Gasteiger charge is 2.48. The summed E-state index contributed by atoms with van der Waals surface area (Å²) < 4.78 is 0. The third-order valence-electron chi connectivity index (χ3n) is 7.05. The van der Waals surface area contributed by atoms with E-state index in [9.17, 15) is 9.59 Å². The third-order valence-corrected chi connectivity index (χ3v) is 7.05. The molecule has 0 bridgehead atoms. The molecule has 4 heteroatoms. The summed E-state index contributed by atoms with van der Waals surface area (Å²) in [6.45, 7) is 14.6. The summed E-state index contributed by atoms with van der Waals surface area (Å²) in [6, 6.07) is 15.8. The molecule has 0 fully saturated rings. The summed E-state index contributed by atoms with van der Waals surface area (Å²) in [4.78, 5) is 32.2. The summed E-state index contributed by atoms with van der Waals surface area (Å²) in [5, 5.41) is 0. The van der Waals surface area contributed by atoms with Gasteiger partial charge in [-0.2, -0.15) is 0 Å². The van der Waals surface area contributed by atoms with Crippen molar-refractivity contribution >= 4 is 22.9 Å². The van der Waals surface area contributed by atoms with E-state index in [4.69, 9.17) is 0 Å². The fourth-order valence-corrected chi connectivity index (χ4v) is 5.99. The number of aryl methyl sites for hydroxylation is 6. The van der Waals surface area contributed by atoms with Gasteiger partial charge >= 0.3 is 0 Å². The van der Waals surface area contributed by atoms with Crippen molar-refractivity contribution in [1.82, 2.24) is 0 Å². The highest BCUT2D eigenvalue weighted by molar-refractivity contribution is 6.30. The standard InChI is InChI=1S/C30H30N2O2/c1-16-12-18(3)25(19(4)13-16)31-22(7)32(26-20(5)14-17(2)15-21(26)6)28-27(31)29(33)23-10-8-9-11-24(23)30(28)34/h8-15,22H,1-7H3. The van der Waals surface area contributed by atoms with Crippen LogP contribution in [0.2, 0.25) is 0 Å². The van der Waals surface area contributed by atoms with Crippen molar-refractivity contribution in [1.29, 1.82) is 0 Å². The van der Waals surface area contributed by atoms with Gasteiger partial charge in [0, 0.05) is 22.5 Å². The number of carbonyl (C=O) groups is 2. The number of hydrogen-bond acceptors (Lipinski definition) is 4. The Labute approximate surface area is 201 Å². The summed E-state index contributed by atoms with van der Waals surface area (Å²) >= 11 is 0. The van der Waals surface area contributed by atoms with Gasteiger partial charge in [-0.05, 0) is 70.7 Å². The van der Waals surface area contributed by atoms with Gasteiger partial charge in [-0.1, -0.05) is 59.7 Å². The monoisotopic (exact) mass is 450 g/mol. The summed E-state index contributed by atoms with van der Waals surface area (Å²) in [5.41, 5.74) is 10.6. The lowest BCUT2D eigenvalue weighted by atomic mass is 9.89. The molecule has 0 spiro atoms. The number of carbonyl (C=O) groups excluding carboxylic acids is 2. The fraction of sp³-hybridized carbons (Fsp3) is 0.267. The van der Waals surface area contributed by atoms with Gasteiger partial charge in [-0.15, -0.1) is 0 Å². The highest BCUT2D eigenvalue weighted by Crippen LogP contribution is 2.46. The van der Waals surface area contributed by atoms with Crippen LogP contribution in [0.5, 0.6) is 0 Å². The van der Waals surface area contributed by atoms with Crippen LogP contribution in [0.4, 0.5) is 11.4 Å². The molecule has 172 valence electrons. The van der Waals surface area contributed by atoms with E-state index >= 15 is 0 Å². The predicted molar refractivity (Wildman–Crippen MR) is 138 cm³/mol. The fourth-order valence-electron chi connectivity index (χ4n) is 5.99. The maximum atomic E-state index is 14.0. The van der Waals surface area contributed by atoms with Gasteiger partial charge in [-0.25, -0.2) is 0 Å². The molecule has 0 N–H and O–H groups in total. The number of ketones is 2. The van der Waals surface area contributed by atoms with Crippen molar-refractivity contribution in [2.75, 3.05) is 9.80 Å². The second kappa shape index (κ2) is 7.69. The highest BCUT2D eigenvalue weighted by atomic mass is 16.1. The average Bonchev–Trinajstić information content (AvgIpc) is 3.04. The molecule has 0 saturated heterocycles. The molecule has 0 saturated carbocycles. The Morgan fingerprint density at radius 3 is 1.24 bits per heavy atom. The van der Waals surface area contributed by atoms with Crippen molar-refractivity contribution < 1.29 is 9.59 Å². The lowest BCUT2D eigenvalue weighted by molar-refractivity contribution is 0.0975. The Hall–Kier alpha value is -3.66. The van der Waals surface area contributed by atoms with E-state index in [2.05, 4.69) is 82.5 Å². The van der Waals surface area contributed by atoms with E-state index in [1.807, 2.05) is 12.1 Å². The molecule has 1 aliphatic heterocycles. The van der Waals surface area contributed by atoms with Crippen molar-refractivity contribution in [2.24, 2.45) is 0 Å². The molecule has 0 amide bonds. The lowest BCUT2D eigenvalue weighted by Gasteiger charge is -2.35. The Balaban J connectivity index is 1.84. The minimum absolute atomic E-state index is 0.0960. The van der Waals surface area contributed by atoms with Crippen molar-refractivity contribution in [3.8, 4) is 0 Å². The maximum absolute atomic E-state index is 14.0. The first-order valence-corrected chi connectivity index (χ1v) is 11.8. The summed E-state index contributed by atoms with van der Waals surface area (Å²) in [7, 11) is 0. The number of hydrogen-bond donors (Lipinski definition) is 0. The number of allylic oxidation sites excluding steroid dienone is 2. The van der Waals surface area contributed by atoms with Crippen LogP contribution in [0.1, 0.15) is 61.0 Å². The SMILES string of the molecule is Cc1cc(C)c(N2C3=C(C(=O)c4ccccc4C3=O)N(c3c(C)cc(C)cc3C)C2C)c(C)c1. The number of fused-ring (bicyclic) bond motifs is 1. The molecule has 0 unspecified atom stereocenters. The van der Waals surface area contributed by atoms with Crippen LogP contribution < -0.4 is 9.80 Å². The number of benzene rings is 3. The molecule has 3 aromatic carbocycles. The number of rotatable bonds is 2. The van der Waals surface area contributed by atoms with E-state index in [0.29, 0.717) is 22.5 Å². The first kappa shape index (κ1) is 22.1. The van der Waals surface area contributed by atoms with Gasteiger partial charge in [0.2, 0.25) is 11.6 Å². The van der Waals surface area contributed by atoms with Crippen LogP contribution in [-0.2, 0) is 0 Å². The molecule has 34 heavy (non-hydrogen) atoms. The van der Waals surface area contributed by atoms with Gasteiger partial charge in [-0.3, -0.25) is 9.59 Å². The Bertz CT molecular complexity index is 1280. The molecule has 2 aliphatic rings. The van der Waals surface area contributed by atoms with E-state index in [-0.39, 0.29) is 17.7 Å². The Kier molecular flexibility index (Phi) is 5.01. The van der Waals surface area contributed by atoms with Gasteiger partial charge in [0.1, 0.15) is 17.6 Å². The zero-order valence-corrected chi connectivity index (χ0v) is 20.9. The molecular weight excluding hydrogens is 420 g/mol. The van der Waals surface area contributed by atoms with Crippen LogP contribution in [0.25, 0.3) is 0 Å². The van der Waals surface area contributed by atoms with E-state index in [1.165, 1.54) is 11.1 Å². The average molecular weight is 451 g/mol. The third kappa shape index (κ3) is 3.05. The van der Waals surface area contributed by atoms with Crippen molar-refractivity contribution in [3.63, 3.8) is 0 Å². The first-order chi connectivity index (χ1) is 16.1. The van der Waals surface area contributed by atoms with Gasteiger partial charge in [0.25, 0.3) is 0 Å². The quantitative estimate of drug-likeness (QED) is 0.447. The van der Waals surface area contributed by atoms with Crippen LogP contribution in [0, 0.1) is 41.5 Å². The minimum Gasteiger partial charge on any atom is -0.315 e. The molecule has 4 nitrogen and oxygen atoms in total. The van der Waals surface area contributed by atoms with E-state index in [0.717, 1.165) is 33.6 Å². The molecule has 3 aromatic rings. The van der Waals surface area contributed by atoms with E-state index < -0.39 is 0 Å². The number of anilines is 2. The Morgan fingerprint density at radius 2 is 0.912 bits per heavy atom. The smallest absolute Gasteiger partial charge is 0.212 e. The Morgan fingerprint density at radius 1 is 0.588 bits per heavy atom. The predicted octanol–water partition coefficient (Wildman–Crippen LogP) is 6.50. The summed E-state index contributed by atoms with van der Waals surface area (Å²) in [5.74, 6) is -0.192. The molecule has 0 radical (unpaired) electrons. The molecule has 0 aromatic heterocycles. The topological polar surface area (TPSA) is 40.6 Å². The summed E-state index contributed by atoms with van der Waals surface area (Å²) in [6.07, 6.45) is -0.243. The van der Waals surface area contributed by atoms with Gasteiger partial charge in [0.15, 0.2) is 0 Å². The number of Topliss-reactive ketones (excluding diaryl/α,β-unsaturated/α-hetero) is 2. The molecule has 1 aliphatic carbocycles. The van der Waals surface area contributed by atoms with Crippen LogP contribution in [0.3, 0.4) is 0 Å². The van der Waals surface area contributed by atoms with Gasteiger partial charge < -0.3 is 9.80 Å². The van der Waals surface area contributed by atoms with Crippen LogP contribution in [-0.4, -0.2) is 17.7 Å². The molecule has 5 rings (SSSR count). The number of nitrogens with zero attached hydrogens (tertiary/aromatic N) is 2. The second-order valence-electron chi connectivity index (χ2n) is 9.77. The lowest BCUT2D eigenvalue weighted by Crippen LogP contribution is -2.40. The van der Waals surface area contributed by atoms with Crippen molar-refractivity contribution in [2.45, 2.75) is 54.6 Å². The zero-order valence-electron chi connectivity index (χ0n) is 20.9. The normalized spacial score (nSPS) is 15.9. The minimum atomic E-state index is -0.243. The van der Waals surface area contributed by atoms with Gasteiger partial charge in [0.05, 0.1) is 0 Å². The molecule has 1 heterocycles. The molecule has 0 atom stereocenters. The first-order valence-electron chi connectivity index (χ1n) is 11.8. The second-order valence-corrected chi connectivity index (χ2v) is 9.77. The molecular formula is C30H30N2O2. The largest absolute Gasteiger partial charge is 0.315 e. The van der Waals surface area contributed by atoms with Crippen LogP contribution in [0.15, 0.2) is 59.9 Å². The van der Waals surface area contributed by atoms with E-state index in [1.54, 1.807) is 12.1 Å².